The van der Waals surface area contributed by atoms with E-state index in [1.165, 1.54) is 0 Å². The fourth-order valence-corrected chi connectivity index (χ4v) is 2.30. The molecule has 3 aromatic rings. The van der Waals surface area contributed by atoms with Gasteiger partial charge in [-0.2, -0.15) is 0 Å². The van der Waals surface area contributed by atoms with E-state index in [-0.39, 0.29) is 5.91 Å². The van der Waals surface area contributed by atoms with Crippen molar-refractivity contribution in [2.45, 2.75) is 6.92 Å². The zero-order chi connectivity index (χ0) is 16.9. The number of carbonyl (C=O) groups excluding carboxylic acids is 1. The van der Waals surface area contributed by atoms with Crippen molar-refractivity contribution in [3.8, 4) is 0 Å². The second kappa shape index (κ2) is 7.23. The molecule has 0 spiro atoms. The van der Waals surface area contributed by atoms with Crippen LogP contribution in [0.3, 0.4) is 0 Å². The van der Waals surface area contributed by atoms with E-state index in [1.807, 2.05) is 43.3 Å². The number of hydrogen-bond donors (Lipinski definition) is 2. The van der Waals surface area contributed by atoms with Gasteiger partial charge in [-0.15, -0.1) is 10.2 Å². The van der Waals surface area contributed by atoms with Crippen LogP contribution in [0.4, 0.5) is 17.3 Å². The molecule has 0 atom stereocenters. The highest BCUT2D eigenvalue weighted by Gasteiger charge is 2.07. The molecule has 120 valence electrons. The first-order valence-electron chi connectivity index (χ1n) is 7.34. The minimum absolute atomic E-state index is 0.210. The van der Waals surface area contributed by atoms with Gasteiger partial charge in [0, 0.05) is 15.7 Å². The van der Waals surface area contributed by atoms with E-state index in [4.69, 9.17) is 0 Å². The number of carbonyl (C=O) groups is 1. The van der Waals surface area contributed by atoms with Gasteiger partial charge in [0.05, 0.1) is 0 Å². The highest BCUT2D eigenvalue weighted by molar-refractivity contribution is 9.10. The van der Waals surface area contributed by atoms with Gasteiger partial charge in [-0.1, -0.05) is 33.6 Å². The van der Waals surface area contributed by atoms with E-state index in [0.717, 1.165) is 15.7 Å². The van der Waals surface area contributed by atoms with Crippen LogP contribution >= 0.6 is 15.9 Å². The summed E-state index contributed by atoms with van der Waals surface area (Å²) < 4.78 is 1.01. The van der Waals surface area contributed by atoms with Crippen LogP contribution in [-0.4, -0.2) is 16.1 Å². The Morgan fingerprint density at radius 3 is 2.12 bits per heavy atom. The number of rotatable bonds is 4. The molecule has 0 saturated heterocycles. The first kappa shape index (κ1) is 16.1. The average Bonchev–Trinajstić information content (AvgIpc) is 2.59. The highest BCUT2D eigenvalue weighted by Crippen LogP contribution is 2.18. The molecule has 0 fully saturated rings. The standard InChI is InChI=1S/C18H15BrN4O/c1-12-2-4-13(5-3-12)18(24)21-17-11-10-16(22-23-17)20-15-8-6-14(19)7-9-15/h2-11H,1H3,(H,20,22)(H,21,23,24). The van der Waals surface area contributed by atoms with Crippen LogP contribution in [0.2, 0.25) is 0 Å². The van der Waals surface area contributed by atoms with Gasteiger partial charge < -0.3 is 10.6 Å². The third-order valence-corrected chi connectivity index (χ3v) is 3.87. The fourth-order valence-electron chi connectivity index (χ4n) is 2.04. The van der Waals surface area contributed by atoms with Gasteiger partial charge in [0.25, 0.3) is 5.91 Å². The number of halogens is 1. The van der Waals surface area contributed by atoms with E-state index in [0.29, 0.717) is 17.2 Å². The molecule has 1 heterocycles. The topological polar surface area (TPSA) is 66.9 Å². The number of amides is 1. The molecule has 0 aliphatic heterocycles. The summed E-state index contributed by atoms with van der Waals surface area (Å²) in [6, 6.07) is 18.6. The molecular formula is C18H15BrN4O. The maximum Gasteiger partial charge on any atom is 0.256 e. The summed E-state index contributed by atoms with van der Waals surface area (Å²) in [4.78, 5) is 12.1. The zero-order valence-corrected chi connectivity index (χ0v) is 14.5. The lowest BCUT2D eigenvalue weighted by molar-refractivity contribution is 0.102. The summed E-state index contributed by atoms with van der Waals surface area (Å²) in [5.41, 5.74) is 2.60. The van der Waals surface area contributed by atoms with Crippen LogP contribution < -0.4 is 10.6 Å². The van der Waals surface area contributed by atoms with E-state index in [2.05, 4.69) is 36.8 Å². The monoisotopic (exact) mass is 382 g/mol. The maximum absolute atomic E-state index is 12.1. The van der Waals surface area contributed by atoms with Crippen molar-refractivity contribution in [1.29, 1.82) is 0 Å². The molecular weight excluding hydrogens is 368 g/mol. The van der Waals surface area contributed by atoms with E-state index >= 15 is 0 Å². The minimum atomic E-state index is -0.210. The molecule has 2 aromatic carbocycles. The molecule has 5 nitrogen and oxygen atoms in total. The van der Waals surface area contributed by atoms with Crippen molar-refractivity contribution in [3.63, 3.8) is 0 Å². The van der Waals surface area contributed by atoms with Gasteiger partial charge in [0.15, 0.2) is 11.6 Å². The summed E-state index contributed by atoms with van der Waals surface area (Å²) in [5, 5.41) is 14.0. The van der Waals surface area contributed by atoms with Crippen LogP contribution in [0.25, 0.3) is 0 Å². The molecule has 24 heavy (non-hydrogen) atoms. The Morgan fingerprint density at radius 2 is 1.50 bits per heavy atom. The second-order valence-corrected chi connectivity index (χ2v) is 6.17. The smallest absolute Gasteiger partial charge is 0.256 e. The van der Waals surface area contributed by atoms with E-state index in [9.17, 15) is 4.79 Å². The van der Waals surface area contributed by atoms with Crippen LogP contribution in [0, 0.1) is 6.92 Å². The third-order valence-electron chi connectivity index (χ3n) is 3.34. The summed E-state index contributed by atoms with van der Waals surface area (Å²) in [7, 11) is 0. The molecule has 2 N–H and O–H groups in total. The molecule has 0 aliphatic rings. The number of anilines is 3. The number of benzene rings is 2. The Kier molecular flexibility index (Phi) is 4.86. The predicted molar refractivity (Wildman–Crippen MR) is 98.6 cm³/mol. The first-order chi connectivity index (χ1) is 11.6. The molecule has 0 bridgehead atoms. The lowest BCUT2D eigenvalue weighted by Crippen LogP contribution is -2.13. The van der Waals surface area contributed by atoms with Crippen LogP contribution in [-0.2, 0) is 0 Å². The Hall–Kier alpha value is -2.73. The third kappa shape index (κ3) is 4.17. The largest absolute Gasteiger partial charge is 0.339 e. The zero-order valence-electron chi connectivity index (χ0n) is 13.0. The number of aryl methyl sites for hydroxylation is 1. The lowest BCUT2D eigenvalue weighted by atomic mass is 10.1. The summed E-state index contributed by atoms with van der Waals surface area (Å²) in [6.07, 6.45) is 0. The highest BCUT2D eigenvalue weighted by atomic mass is 79.9. The van der Waals surface area contributed by atoms with Gasteiger partial charge in [-0.05, 0) is 55.5 Å². The van der Waals surface area contributed by atoms with Gasteiger partial charge in [0.2, 0.25) is 0 Å². The van der Waals surface area contributed by atoms with Gasteiger partial charge >= 0.3 is 0 Å². The van der Waals surface area contributed by atoms with Gasteiger partial charge in [0.1, 0.15) is 0 Å². The number of nitrogens with one attached hydrogen (secondary N) is 2. The Balaban J connectivity index is 1.64. The van der Waals surface area contributed by atoms with Crippen LogP contribution in [0.5, 0.6) is 0 Å². The van der Waals surface area contributed by atoms with Crippen molar-refractivity contribution in [2.24, 2.45) is 0 Å². The van der Waals surface area contributed by atoms with E-state index < -0.39 is 0 Å². The SMILES string of the molecule is Cc1ccc(C(=O)Nc2ccc(Nc3ccc(Br)cc3)nn2)cc1. The quantitative estimate of drug-likeness (QED) is 0.694. The minimum Gasteiger partial charge on any atom is -0.339 e. The Bertz CT molecular complexity index is 830. The second-order valence-electron chi connectivity index (χ2n) is 5.26. The average molecular weight is 383 g/mol. The summed E-state index contributed by atoms with van der Waals surface area (Å²) in [6.45, 7) is 1.98. The number of hydrogen-bond acceptors (Lipinski definition) is 4. The Morgan fingerprint density at radius 1 is 0.875 bits per heavy atom. The Labute approximate surface area is 148 Å². The molecule has 1 aromatic heterocycles. The van der Waals surface area contributed by atoms with Crippen molar-refractivity contribution in [1.82, 2.24) is 10.2 Å². The normalized spacial score (nSPS) is 10.2. The molecule has 0 aliphatic carbocycles. The van der Waals surface area contributed by atoms with Crippen molar-refractivity contribution in [3.05, 3.63) is 76.3 Å². The molecule has 0 unspecified atom stereocenters. The van der Waals surface area contributed by atoms with Crippen molar-refractivity contribution < 1.29 is 4.79 Å². The van der Waals surface area contributed by atoms with Gasteiger partial charge in [-0.3, -0.25) is 4.79 Å². The summed E-state index contributed by atoms with van der Waals surface area (Å²) in [5.74, 6) is 0.797. The van der Waals surface area contributed by atoms with Crippen molar-refractivity contribution in [2.75, 3.05) is 10.6 Å². The molecule has 6 heteroatoms. The van der Waals surface area contributed by atoms with Gasteiger partial charge in [-0.25, -0.2) is 0 Å². The predicted octanol–water partition coefficient (Wildman–Crippen LogP) is 4.54. The maximum atomic E-state index is 12.1. The molecule has 0 radical (unpaired) electrons. The van der Waals surface area contributed by atoms with E-state index in [1.54, 1.807) is 24.3 Å². The molecule has 1 amide bonds. The lowest BCUT2D eigenvalue weighted by Gasteiger charge is -2.07. The van der Waals surface area contributed by atoms with Crippen LogP contribution in [0.1, 0.15) is 15.9 Å². The number of aromatic nitrogens is 2. The number of nitrogens with zero attached hydrogens (tertiary/aromatic N) is 2. The van der Waals surface area contributed by atoms with Crippen molar-refractivity contribution >= 4 is 39.2 Å². The molecule has 0 saturated carbocycles. The molecule has 3 rings (SSSR count). The van der Waals surface area contributed by atoms with Crippen LogP contribution in [0.15, 0.2) is 65.1 Å². The fraction of sp³-hybridized carbons (Fsp3) is 0.0556. The summed E-state index contributed by atoms with van der Waals surface area (Å²) >= 11 is 3.39. The first-order valence-corrected chi connectivity index (χ1v) is 8.14.